The molecule has 0 radical (unpaired) electrons. The lowest BCUT2D eigenvalue weighted by Gasteiger charge is -2.07. The molecule has 5 heteroatoms. The Morgan fingerprint density at radius 3 is 2.61 bits per heavy atom. The van der Waals surface area contributed by atoms with Gasteiger partial charge in [0.15, 0.2) is 0 Å². The van der Waals surface area contributed by atoms with Crippen LogP contribution in [0.2, 0.25) is 5.02 Å². The van der Waals surface area contributed by atoms with E-state index in [1.165, 1.54) is 0 Å². The molecule has 0 unspecified atom stereocenters. The number of hydrogen-bond acceptors (Lipinski definition) is 3. The number of nitrogens with one attached hydrogen (secondary N) is 1. The highest BCUT2D eigenvalue weighted by Gasteiger charge is 2.29. The maximum absolute atomic E-state index is 11.8. The largest absolute Gasteiger partial charge is 0.310 e. The molecule has 2 heterocycles. The first-order valence-corrected chi connectivity index (χ1v) is 7.90. The molecule has 114 valence electrons. The van der Waals surface area contributed by atoms with Crippen molar-refractivity contribution in [3.05, 3.63) is 53.8 Å². The van der Waals surface area contributed by atoms with E-state index in [2.05, 4.69) is 15.3 Å². The van der Waals surface area contributed by atoms with E-state index < -0.39 is 0 Å². The van der Waals surface area contributed by atoms with Crippen LogP contribution in [-0.4, -0.2) is 15.9 Å². The minimum atomic E-state index is 0.0532. The van der Waals surface area contributed by atoms with E-state index in [-0.39, 0.29) is 11.8 Å². The van der Waals surface area contributed by atoms with Gasteiger partial charge in [-0.2, -0.15) is 0 Å². The van der Waals surface area contributed by atoms with Crippen LogP contribution >= 0.6 is 11.6 Å². The maximum Gasteiger partial charge on any atom is 0.228 e. The number of rotatable bonds is 3. The Hall–Kier alpha value is -2.46. The van der Waals surface area contributed by atoms with Gasteiger partial charge in [0.05, 0.1) is 5.69 Å². The molecule has 3 aromatic rings. The number of nitrogens with zero attached hydrogens (tertiary/aromatic N) is 2. The summed E-state index contributed by atoms with van der Waals surface area (Å²) in [4.78, 5) is 20.6. The van der Waals surface area contributed by atoms with E-state index in [0.29, 0.717) is 10.8 Å². The van der Waals surface area contributed by atoms with Gasteiger partial charge in [-0.3, -0.25) is 9.78 Å². The summed E-state index contributed by atoms with van der Waals surface area (Å²) >= 11 is 6.22. The number of carbonyl (C=O) groups excluding carboxylic acids is 1. The van der Waals surface area contributed by atoms with Crippen molar-refractivity contribution in [3.8, 4) is 11.3 Å². The zero-order valence-corrected chi connectivity index (χ0v) is 13.0. The molecule has 4 nitrogen and oxygen atoms in total. The average molecular weight is 324 g/mol. The smallest absolute Gasteiger partial charge is 0.228 e. The van der Waals surface area contributed by atoms with E-state index >= 15 is 0 Å². The van der Waals surface area contributed by atoms with Gasteiger partial charge in [-0.1, -0.05) is 29.8 Å². The summed E-state index contributed by atoms with van der Waals surface area (Å²) in [6.45, 7) is 0. The van der Waals surface area contributed by atoms with Crippen LogP contribution in [0.3, 0.4) is 0 Å². The van der Waals surface area contributed by atoms with Crippen LogP contribution in [0.25, 0.3) is 22.0 Å². The summed E-state index contributed by atoms with van der Waals surface area (Å²) in [7, 11) is 0. The van der Waals surface area contributed by atoms with Gasteiger partial charge < -0.3 is 5.32 Å². The normalized spacial score (nSPS) is 14.0. The quantitative estimate of drug-likeness (QED) is 0.782. The van der Waals surface area contributed by atoms with E-state index in [1.54, 1.807) is 12.4 Å². The number of carbonyl (C=O) groups is 1. The zero-order chi connectivity index (χ0) is 15.8. The molecule has 1 saturated carbocycles. The number of pyridine rings is 2. The second-order valence-electron chi connectivity index (χ2n) is 5.73. The molecule has 1 N–H and O–H groups in total. The number of aromatic nitrogens is 2. The lowest BCUT2D eigenvalue weighted by atomic mass is 10.1. The van der Waals surface area contributed by atoms with E-state index in [0.717, 1.165) is 34.9 Å². The van der Waals surface area contributed by atoms with Crippen molar-refractivity contribution in [2.45, 2.75) is 12.8 Å². The van der Waals surface area contributed by atoms with Crippen molar-refractivity contribution < 1.29 is 4.79 Å². The fourth-order valence-electron chi connectivity index (χ4n) is 2.50. The Balaban J connectivity index is 1.67. The second kappa shape index (κ2) is 5.63. The first-order valence-electron chi connectivity index (χ1n) is 7.52. The van der Waals surface area contributed by atoms with Crippen molar-refractivity contribution in [1.82, 2.24) is 9.97 Å². The van der Waals surface area contributed by atoms with Gasteiger partial charge in [-0.25, -0.2) is 4.98 Å². The highest BCUT2D eigenvalue weighted by Crippen LogP contribution is 2.31. The average Bonchev–Trinajstić information content (AvgIpc) is 3.40. The molecule has 0 saturated heterocycles. The first-order chi connectivity index (χ1) is 11.2. The van der Waals surface area contributed by atoms with Crippen LogP contribution in [0.5, 0.6) is 0 Å². The molecule has 1 aliphatic carbocycles. The van der Waals surface area contributed by atoms with Gasteiger partial charge >= 0.3 is 0 Å². The fraction of sp³-hybridized carbons (Fsp3) is 0.167. The minimum absolute atomic E-state index is 0.0532. The van der Waals surface area contributed by atoms with E-state index in [4.69, 9.17) is 11.6 Å². The van der Waals surface area contributed by atoms with Crippen LogP contribution in [0.4, 0.5) is 5.82 Å². The second-order valence-corrected chi connectivity index (χ2v) is 6.14. The van der Waals surface area contributed by atoms with Gasteiger partial charge in [-0.15, -0.1) is 0 Å². The molecule has 2 aromatic heterocycles. The van der Waals surface area contributed by atoms with Crippen molar-refractivity contribution in [2.75, 3.05) is 5.32 Å². The molecule has 0 spiro atoms. The van der Waals surface area contributed by atoms with Crippen LogP contribution in [0, 0.1) is 5.92 Å². The fourth-order valence-corrected chi connectivity index (χ4v) is 2.73. The number of fused-ring (bicyclic) bond motifs is 1. The van der Waals surface area contributed by atoms with Crippen LogP contribution in [0.1, 0.15) is 12.8 Å². The Labute approximate surface area is 138 Å². The van der Waals surface area contributed by atoms with Gasteiger partial charge in [0, 0.05) is 39.7 Å². The first kappa shape index (κ1) is 14.2. The lowest BCUT2D eigenvalue weighted by molar-refractivity contribution is -0.117. The summed E-state index contributed by atoms with van der Waals surface area (Å²) in [6.07, 6.45) is 5.48. The molecule has 1 amide bonds. The molecule has 1 aromatic carbocycles. The van der Waals surface area contributed by atoms with E-state index in [1.807, 2.05) is 36.4 Å². The Kier molecular flexibility index (Phi) is 3.46. The molecule has 0 aliphatic heterocycles. The van der Waals surface area contributed by atoms with Gasteiger partial charge in [0.25, 0.3) is 0 Å². The maximum atomic E-state index is 11.8. The summed E-state index contributed by atoms with van der Waals surface area (Å²) in [5.41, 5.74) is 1.70. The molecule has 23 heavy (non-hydrogen) atoms. The Morgan fingerprint density at radius 2 is 1.83 bits per heavy atom. The summed E-state index contributed by atoms with van der Waals surface area (Å²) in [6, 6.07) is 11.4. The van der Waals surface area contributed by atoms with Crippen molar-refractivity contribution in [1.29, 1.82) is 0 Å². The highest BCUT2D eigenvalue weighted by molar-refractivity contribution is 6.33. The topological polar surface area (TPSA) is 54.9 Å². The third-order valence-electron chi connectivity index (χ3n) is 3.95. The monoisotopic (exact) mass is 323 g/mol. The molecule has 4 rings (SSSR count). The van der Waals surface area contributed by atoms with E-state index in [9.17, 15) is 4.79 Å². The standard InChI is InChI=1S/C18H14ClN3O/c19-15-4-2-1-3-14(15)16-7-12-10-21-17(8-13(12)9-20-16)22-18(23)11-5-6-11/h1-4,7-11H,5-6H2,(H,21,22,23). The van der Waals surface area contributed by atoms with Crippen molar-refractivity contribution in [2.24, 2.45) is 5.92 Å². The Bertz CT molecular complexity index is 906. The molecule has 1 aliphatic rings. The molecule has 1 fully saturated rings. The molecular weight excluding hydrogens is 310 g/mol. The third-order valence-corrected chi connectivity index (χ3v) is 4.28. The number of halogens is 1. The lowest BCUT2D eigenvalue weighted by Crippen LogP contribution is -2.14. The Morgan fingerprint density at radius 1 is 1.09 bits per heavy atom. The number of amides is 1. The minimum Gasteiger partial charge on any atom is -0.310 e. The number of hydrogen-bond donors (Lipinski definition) is 1. The van der Waals surface area contributed by atoms with Crippen LogP contribution < -0.4 is 5.32 Å². The molecule has 0 bridgehead atoms. The molecule has 0 atom stereocenters. The number of anilines is 1. The zero-order valence-electron chi connectivity index (χ0n) is 12.3. The van der Waals surface area contributed by atoms with Crippen LogP contribution in [0.15, 0.2) is 48.8 Å². The van der Waals surface area contributed by atoms with Gasteiger partial charge in [-0.05, 0) is 31.0 Å². The summed E-state index contributed by atoms with van der Waals surface area (Å²) in [5, 5.41) is 5.41. The number of benzene rings is 1. The van der Waals surface area contributed by atoms with Gasteiger partial charge in [0.1, 0.15) is 5.82 Å². The van der Waals surface area contributed by atoms with Crippen molar-refractivity contribution >= 4 is 34.1 Å². The predicted octanol–water partition coefficient (Wildman–Crippen LogP) is 4.30. The highest BCUT2D eigenvalue weighted by atomic mass is 35.5. The predicted molar refractivity (Wildman–Crippen MR) is 91.3 cm³/mol. The summed E-state index contributed by atoms with van der Waals surface area (Å²) in [5.74, 6) is 0.785. The SMILES string of the molecule is O=C(Nc1cc2cnc(-c3ccccc3Cl)cc2cn1)C1CC1. The van der Waals surface area contributed by atoms with Gasteiger partial charge in [0.2, 0.25) is 5.91 Å². The summed E-state index contributed by atoms with van der Waals surface area (Å²) < 4.78 is 0. The van der Waals surface area contributed by atoms with Crippen LogP contribution in [-0.2, 0) is 4.79 Å². The third kappa shape index (κ3) is 2.90. The molecular formula is C18H14ClN3O. The van der Waals surface area contributed by atoms with Crippen molar-refractivity contribution in [3.63, 3.8) is 0 Å².